The van der Waals surface area contributed by atoms with Crippen molar-refractivity contribution in [3.8, 4) is 5.88 Å². The maximum Gasteiger partial charge on any atom is 0.257 e. The van der Waals surface area contributed by atoms with E-state index in [1.54, 1.807) is 18.6 Å². The van der Waals surface area contributed by atoms with Crippen LogP contribution in [0.3, 0.4) is 0 Å². The fourth-order valence-corrected chi connectivity index (χ4v) is 2.45. The third-order valence-corrected chi connectivity index (χ3v) is 3.46. The molecule has 0 amide bonds. The molecule has 0 N–H and O–H groups in total. The molecule has 0 atom stereocenters. The van der Waals surface area contributed by atoms with Gasteiger partial charge in [0.25, 0.3) is 5.88 Å². The van der Waals surface area contributed by atoms with Crippen LogP contribution >= 0.6 is 0 Å². The van der Waals surface area contributed by atoms with Gasteiger partial charge in [-0.2, -0.15) is 5.10 Å². The minimum Gasteiger partial charge on any atom is -0.472 e. The zero-order valence-corrected chi connectivity index (χ0v) is 12.9. The van der Waals surface area contributed by atoms with Gasteiger partial charge in [0, 0.05) is 44.8 Å². The van der Waals surface area contributed by atoms with Crippen molar-refractivity contribution in [2.45, 2.75) is 20.0 Å². The minimum absolute atomic E-state index is 0.0799. The summed E-state index contributed by atoms with van der Waals surface area (Å²) in [5.74, 6) is 2.33. The lowest BCUT2D eigenvalue weighted by Gasteiger charge is -2.36. The highest BCUT2D eigenvalue weighted by atomic mass is 16.5. The molecule has 1 fully saturated rings. The first-order valence-corrected chi connectivity index (χ1v) is 7.49. The van der Waals surface area contributed by atoms with Crippen molar-refractivity contribution in [1.29, 1.82) is 0 Å². The Balaban J connectivity index is 1.69. The lowest BCUT2D eigenvalue weighted by Crippen LogP contribution is -2.47. The van der Waals surface area contributed by atoms with Gasteiger partial charge in [0.1, 0.15) is 0 Å². The van der Waals surface area contributed by atoms with Crippen molar-refractivity contribution in [2.24, 2.45) is 0 Å². The molecule has 3 heterocycles. The lowest BCUT2D eigenvalue weighted by atomic mass is 10.3. The summed E-state index contributed by atoms with van der Waals surface area (Å²) < 4.78 is 5.76. The highest BCUT2D eigenvalue weighted by Gasteiger charge is 2.22. The van der Waals surface area contributed by atoms with E-state index in [2.05, 4.69) is 30.0 Å². The summed E-state index contributed by atoms with van der Waals surface area (Å²) in [7, 11) is 0. The van der Waals surface area contributed by atoms with Gasteiger partial charge in [-0.25, -0.2) is 9.97 Å². The molecule has 7 heteroatoms. The van der Waals surface area contributed by atoms with Crippen LogP contribution in [0.2, 0.25) is 0 Å². The molecule has 1 aliphatic rings. The number of hydrogen-bond donors (Lipinski definition) is 0. The second-order valence-corrected chi connectivity index (χ2v) is 5.41. The second kappa shape index (κ2) is 6.55. The molecular formula is C15H20N6O. The van der Waals surface area contributed by atoms with E-state index in [1.165, 1.54) is 0 Å². The van der Waals surface area contributed by atoms with Crippen molar-refractivity contribution in [3.05, 3.63) is 30.7 Å². The SMILES string of the molecule is CC(C)Oc1nccnc1N1CCN(c2cccnn2)CC1. The predicted molar refractivity (Wildman–Crippen MR) is 84.3 cm³/mol. The van der Waals surface area contributed by atoms with E-state index < -0.39 is 0 Å². The number of anilines is 2. The quantitative estimate of drug-likeness (QED) is 0.845. The molecule has 0 saturated carbocycles. The smallest absolute Gasteiger partial charge is 0.257 e. The van der Waals surface area contributed by atoms with Gasteiger partial charge < -0.3 is 14.5 Å². The van der Waals surface area contributed by atoms with Crippen LogP contribution in [0.4, 0.5) is 11.6 Å². The van der Waals surface area contributed by atoms with Gasteiger partial charge in [0.2, 0.25) is 0 Å². The van der Waals surface area contributed by atoms with Crippen LogP contribution in [0.15, 0.2) is 30.7 Å². The van der Waals surface area contributed by atoms with Crippen molar-refractivity contribution in [1.82, 2.24) is 20.2 Å². The summed E-state index contributed by atoms with van der Waals surface area (Å²) in [6.07, 6.45) is 5.14. The Hall–Kier alpha value is -2.44. The van der Waals surface area contributed by atoms with Gasteiger partial charge in [-0.3, -0.25) is 0 Å². The van der Waals surface area contributed by atoms with E-state index in [0.29, 0.717) is 5.88 Å². The van der Waals surface area contributed by atoms with Crippen molar-refractivity contribution in [2.75, 3.05) is 36.0 Å². The van der Waals surface area contributed by atoms with Crippen LogP contribution < -0.4 is 14.5 Å². The molecule has 0 radical (unpaired) electrons. The first-order valence-electron chi connectivity index (χ1n) is 7.49. The number of piperazine rings is 1. The van der Waals surface area contributed by atoms with Gasteiger partial charge in [-0.1, -0.05) is 0 Å². The Morgan fingerprint density at radius 2 is 1.73 bits per heavy atom. The fraction of sp³-hybridized carbons (Fsp3) is 0.467. The summed E-state index contributed by atoms with van der Waals surface area (Å²) in [5, 5.41) is 8.10. The van der Waals surface area contributed by atoms with Crippen LogP contribution in [0.1, 0.15) is 13.8 Å². The summed E-state index contributed by atoms with van der Waals surface area (Å²) in [6.45, 7) is 7.43. The summed E-state index contributed by atoms with van der Waals surface area (Å²) in [5.41, 5.74) is 0. The maximum atomic E-state index is 5.76. The second-order valence-electron chi connectivity index (χ2n) is 5.41. The monoisotopic (exact) mass is 300 g/mol. The van der Waals surface area contributed by atoms with Gasteiger partial charge in [-0.15, -0.1) is 5.10 Å². The third kappa shape index (κ3) is 3.24. The first-order chi connectivity index (χ1) is 10.7. The van der Waals surface area contributed by atoms with Crippen molar-refractivity contribution < 1.29 is 4.74 Å². The zero-order valence-electron chi connectivity index (χ0n) is 12.9. The fourth-order valence-electron chi connectivity index (χ4n) is 2.45. The molecule has 3 rings (SSSR count). The number of nitrogens with zero attached hydrogens (tertiary/aromatic N) is 6. The Morgan fingerprint density at radius 3 is 2.41 bits per heavy atom. The summed E-state index contributed by atoms with van der Waals surface area (Å²) in [6, 6.07) is 3.89. The van der Waals surface area contributed by atoms with Crippen LogP contribution in [0.25, 0.3) is 0 Å². The third-order valence-electron chi connectivity index (χ3n) is 3.46. The molecule has 0 bridgehead atoms. The molecule has 116 valence electrons. The van der Waals surface area contributed by atoms with Gasteiger partial charge in [0.05, 0.1) is 6.10 Å². The summed E-state index contributed by atoms with van der Waals surface area (Å²) >= 11 is 0. The van der Waals surface area contributed by atoms with Gasteiger partial charge in [-0.05, 0) is 26.0 Å². The highest BCUT2D eigenvalue weighted by molar-refractivity contribution is 5.50. The Morgan fingerprint density at radius 1 is 1.00 bits per heavy atom. The van der Waals surface area contributed by atoms with Crippen LogP contribution in [0, 0.1) is 0 Å². The van der Waals surface area contributed by atoms with Crippen LogP contribution in [0.5, 0.6) is 5.88 Å². The maximum absolute atomic E-state index is 5.76. The molecule has 22 heavy (non-hydrogen) atoms. The van der Waals surface area contributed by atoms with Crippen molar-refractivity contribution >= 4 is 11.6 Å². The Labute approximate surface area is 130 Å². The molecule has 0 spiro atoms. The average molecular weight is 300 g/mol. The first kappa shape index (κ1) is 14.5. The molecule has 2 aromatic heterocycles. The van der Waals surface area contributed by atoms with Crippen LogP contribution in [-0.4, -0.2) is 52.4 Å². The van der Waals surface area contributed by atoms with E-state index >= 15 is 0 Å². The molecule has 7 nitrogen and oxygen atoms in total. The number of hydrogen-bond acceptors (Lipinski definition) is 7. The lowest BCUT2D eigenvalue weighted by molar-refractivity contribution is 0.232. The van der Waals surface area contributed by atoms with E-state index in [0.717, 1.165) is 37.8 Å². The van der Waals surface area contributed by atoms with Gasteiger partial charge in [0.15, 0.2) is 11.6 Å². The van der Waals surface area contributed by atoms with E-state index in [-0.39, 0.29) is 6.10 Å². The topological polar surface area (TPSA) is 67.3 Å². The van der Waals surface area contributed by atoms with E-state index in [1.807, 2.05) is 26.0 Å². The van der Waals surface area contributed by atoms with Crippen LogP contribution in [-0.2, 0) is 0 Å². The molecule has 2 aromatic rings. The molecule has 0 aromatic carbocycles. The predicted octanol–water partition coefficient (Wildman–Crippen LogP) is 1.38. The Kier molecular flexibility index (Phi) is 4.32. The minimum atomic E-state index is 0.0799. The highest BCUT2D eigenvalue weighted by Crippen LogP contribution is 2.25. The molecule has 0 aliphatic carbocycles. The normalized spacial score (nSPS) is 15.2. The molecule has 0 unspecified atom stereocenters. The van der Waals surface area contributed by atoms with E-state index in [4.69, 9.17) is 4.74 Å². The number of ether oxygens (including phenoxy) is 1. The standard InChI is InChI=1S/C15H20N6O/c1-12(2)22-15-14(16-6-7-17-15)21-10-8-20(9-11-21)13-4-3-5-18-19-13/h3-7,12H,8-11H2,1-2H3. The largest absolute Gasteiger partial charge is 0.472 e. The van der Waals surface area contributed by atoms with Gasteiger partial charge >= 0.3 is 0 Å². The Bertz CT molecular complexity index is 598. The molecular weight excluding hydrogens is 280 g/mol. The number of rotatable bonds is 4. The number of aromatic nitrogens is 4. The zero-order chi connectivity index (χ0) is 15.4. The van der Waals surface area contributed by atoms with Crippen molar-refractivity contribution in [3.63, 3.8) is 0 Å². The van der Waals surface area contributed by atoms with E-state index in [9.17, 15) is 0 Å². The summed E-state index contributed by atoms with van der Waals surface area (Å²) in [4.78, 5) is 13.2. The average Bonchev–Trinajstić information content (AvgIpc) is 2.56. The molecule has 1 aliphatic heterocycles. The molecule has 1 saturated heterocycles.